The van der Waals surface area contributed by atoms with Gasteiger partial charge in [0.05, 0.1) is 4.92 Å². The number of nitro groups is 1. The van der Waals surface area contributed by atoms with Gasteiger partial charge in [-0.1, -0.05) is 15.9 Å². The molecule has 0 aliphatic rings. The zero-order valence-corrected chi connectivity index (χ0v) is 10.2. The van der Waals surface area contributed by atoms with Crippen LogP contribution in [0.15, 0.2) is 22.7 Å². The van der Waals surface area contributed by atoms with Crippen LogP contribution in [0.25, 0.3) is 0 Å². The van der Waals surface area contributed by atoms with Crippen LogP contribution in [0.2, 0.25) is 0 Å². The minimum absolute atomic E-state index is 0.0351. The maximum Gasteiger partial charge on any atom is 0.270 e. The van der Waals surface area contributed by atoms with E-state index in [1.54, 1.807) is 19.4 Å². The van der Waals surface area contributed by atoms with E-state index in [4.69, 9.17) is 0 Å². The molecule has 0 fully saturated rings. The summed E-state index contributed by atoms with van der Waals surface area (Å²) in [6.07, 6.45) is 0. The predicted molar refractivity (Wildman–Crippen MR) is 59.9 cm³/mol. The lowest BCUT2D eigenvalue weighted by Gasteiger charge is -2.08. The van der Waals surface area contributed by atoms with Gasteiger partial charge in [-0.25, -0.2) is 0 Å². The first kappa shape index (κ1) is 11.4. The SMILES string of the molecule is CP(C)(=O)c1cc([N+](=O)[O-])ccc1Br. The number of benzene rings is 1. The topological polar surface area (TPSA) is 60.2 Å². The maximum atomic E-state index is 11.8. The van der Waals surface area contributed by atoms with Crippen molar-refractivity contribution in [1.82, 2.24) is 0 Å². The van der Waals surface area contributed by atoms with Gasteiger partial charge >= 0.3 is 0 Å². The third-order valence-corrected chi connectivity index (χ3v) is 4.25. The summed E-state index contributed by atoms with van der Waals surface area (Å²) in [4.78, 5) is 10.00. The second-order valence-corrected chi connectivity index (χ2v) is 7.28. The van der Waals surface area contributed by atoms with Crippen molar-refractivity contribution < 1.29 is 9.49 Å². The smallest absolute Gasteiger partial charge is 0.270 e. The van der Waals surface area contributed by atoms with Crippen LogP contribution < -0.4 is 5.30 Å². The largest absolute Gasteiger partial charge is 0.319 e. The van der Waals surface area contributed by atoms with Crippen molar-refractivity contribution in [2.75, 3.05) is 13.3 Å². The Morgan fingerprint density at radius 2 is 2.00 bits per heavy atom. The molecular formula is C8H9BrNO3P. The molecule has 0 heterocycles. The lowest BCUT2D eigenvalue weighted by atomic mass is 10.3. The monoisotopic (exact) mass is 277 g/mol. The molecule has 1 rings (SSSR count). The standard InChI is InChI=1S/C8H9BrNO3P/c1-14(2,13)8-5-6(10(11)12)3-4-7(8)9/h3-5H,1-2H3. The highest BCUT2D eigenvalue weighted by Crippen LogP contribution is 2.38. The molecule has 0 saturated heterocycles. The van der Waals surface area contributed by atoms with Crippen LogP contribution in [0, 0.1) is 10.1 Å². The van der Waals surface area contributed by atoms with Gasteiger partial charge in [-0.15, -0.1) is 0 Å². The third kappa shape index (κ3) is 2.42. The molecule has 0 atom stereocenters. The van der Waals surface area contributed by atoms with Crippen LogP contribution in [0.5, 0.6) is 0 Å². The normalized spacial score (nSPS) is 11.4. The zero-order valence-electron chi connectivity index (χ0n) is 7.73. The van der Waals surface area contributed by atoms with Crippen molar-refractivity contribution in [3.05, 3.63) is 32.8 Å². The van der Waals surface area contributed by atoms with Gasteiger partial charge in [0, 0.05) is 21.9 Å². The lowest BCUT2D eigenvalue weighted by Crippen LogP contribution is -2.06. The molecule has 4 nitrogen and oxygen atoms in total. The molecule has 0 unspecified atom stereocenters. The van der Waals surface area contributed by atoms with Gasteiger partial charge in [-0.3, -0.25) is 10.1 Å². The quantitative estimate of drug-likeness (QED) is 0.474. The molecular weight excluding hydrogens is 269 g/mol. The summed E-state index contributed by atoms with van der Waals surface area (Å²) in [6, 6.07) is 4.28. The second kappa shape index (κ2) is 3.83. The van der Waals surface area contributed by atoms with Gasteiger partial charge in [-0.2, -0.15) is 0 Å². The lowest BCUT2D eigenvalue weighted by molar-refractivity contribution is -0.384. The Hall–Kier alpha value is -0.670. The molecule has 0 spiro atoms. The Bertz CT molecular complexity index is 427. The van der Waals surface area contributed by atoms with Gasteiger partial charge in [0.25, 0.3) is 5.69 Å². The summed E-state index contributed by atoms with van der Waals surface area (Å²) < 4.78 is 12.4. The number of nitro benzene ring substituents is 1. The molecule has 0 N–H and O–H groups in total. The Balaban J connectivity index is 3.36. The molecule has 0 radical (unpaired) electrons. The van der Waals surface area contributed by atoms with Crippen LogP contribution >= 0.6 is 23.1 Å². The van der Waals surface area contributed by atoms with E-state index >= 15 is 0 Å². The van der Waals surface area contributed by atoms with Crippen LogP contribution in [-0.2, 0) is 4.57 Å². The van der Waals surface area contributed by atoms with Crippen molar-refractivity contribution >= 4 is 34.1 Å². The molecule has 0 aliphatic heterocycles. The summed E-state index contributed by atoms with van der Waals surface area (Å²) in [5.74, 6) is 0. The highest BCUT2D eigenvalue weighted by molar-refractivity contribution is 9.10. The van der Waals surface area contributed by atoms with Gasteiger partial charge in [0.1, 0.15) is 7.14 Å². The number of halogens is 1. The fraction of sp³-hybridized carbons (Fsp3) is 0.250. The number of nitrogens with zero attached hydrogens (tertiary/aromatic N) is 1. The molecule has 1 aromatic carbocycles. The van der Waals surface area contributed by atoms with E-state index in [1.807, 2.05) is 0 Å². The highest BCUT2D eigenvalue weighted by Gasteiger charge is 2.18. The van der Waals surface area contributed by atoms with Gasteiger partial charge < -0.3 is 4.57 Å². The van der Waals surface area contributed by atoms with Crippen LogP contribution in [0.4, 0.5) is 5.69 Å². The Labute approximate surface area is 90.0 Å². The van der Waals surface area contributed by atoms with Crippen LogP contribution in [-0.4, -0.2) is 18.3 Å². The third-order valence-electron chi connectivity index (χ3n) is 1.72. The Kier molecular flexibility index (Phi) is 3.12. The molecule has 0 amide bonds. The first-order valence-corrected chi connectivity index (χ1v) is 7.21. The molecule has 76 valence electrons. The second-order valence-electron chi connectivity index (χ2n) is 3.24. The number of hydrogen-bond donors (Lipinski definition) is 0. The Morgan fingerprint density at radius 3 is 2.43 bits per heavy atom. The number of rotatable bonds is 2. The van der Waals surface area contributed by atoms with Crippen LogP contribution in [0.3, 0.4) is 0 Å². The average Bonchev–Trinajstić information content (AvgIpc) is 2.02. The Morgan fingerprint density at radius 1 is 1.43 bits per heavy atom. The zero-order chi connectivity index (χ0) is 10.9. The molecule has 6 heteroatoms. The molecule has 0 saturated carbocycles. The van der Waals surface area contributed by atoms with Crippen molar-refractivity contribution in [2.24, 2.45) is 0 Å². The van der Waals surface area contributed by atoms with E-state index in [0.29, 0.717) is 9.78 Å². The highest BCUT2D eigenvalue weighted by atomic mass is 79.9. The van der Waals surface area contributed by atoms with Crippen molar-refractivity contribution in [3.8, 4) is 0 Å². The van der Waals surface area contributed by atoms with Gasteiger partial charge in [0.2, 0.25) is 0 Å². The number of non-ortho nitro benzene ring substituents is 1. The molecule has 0 bridgehead atoms. The van der Waals surface area contributed by atoms with Crippen LogP contribution in [0.1, 0.15) is 0 Å². The van der Waals surface area contributed by atoms with E-state index < -0.39 is 12.1 Å². The first-order valence-electron chi connectivity index (χ1n) is 3.82. The van der Waals surface area contributed by atoms with Crippen molar-refractivity contribution in [1.29, 1.82) is 0 Å². The van der Waals surface area contributed by atoms with E-state index in [-0.39, 0.29) is 5.69 Å². The van der Waals surface area contributed by atoms with Gasteiger partial charge in [0.15, 0.2) is 0 Å². The predicted octanol–water partition coefficient (Wildman–Crippen LogP) is 2.61. The summed E-state index contributed by atoms with van der Waals surface area (Å²) in [5.41, 5.74) is -0.0351. The van der Waals surface area contributed by atoms with Crippen molar-refractivity contribution in [2.45, 2.75) is 0 Å². The summed E-state index contributed by atoms with van der Waals surface area (Å²) in [6.45, 7) is 3.16. The summed E-state index contributed by atoms with van der Waals surface area (Å²) in [7, 11) is -2.47. The average molecular weight is 278 g/mol. The fourth-order valence-corrected chi connectivity index (χ4v) is 3.59. The minimum atomic E-state index is -2.47. The summed E-state index contributed by atoms with van der Waals surface area (Å²) >= 11 is 3.22. The number of hydrogen-bond acceptors (Lipinski definition) is 3. The van der Waals surface area contributed by atoms with E-state index in [9.17, 15) is 14.7 Å². The molecule has 0 aromatic heterocycles. The van der Waals surface area contributed by atoms with E-state index in [1.165, 1.54) is 12.1 Å². The fourth-order valence-electron chi connectivity index (χ4n) is 1.03. The first-order chi connectivity index (χ1) is 6.32. The summed E-state index contributed by atoms with van der Waals surface area (Å²) in [5, 5.41) is 11.0. The van der Waals surface area contributed by atoms with E-state index in [0.717, 1.165) is 0 Å². The molecule has 1 aromatic rings. The van der Waals surface area contributed by atoms with E-state index in [2.05, 4.69) is 15.9 Å². The maximum absolute atomic E-state index is 11.8. The van der Waals surface area contributed by atoms with Crippen molar-refractivity contribution in [3.63, 3.8) is 0 Å². The van der Waals surface area contributed by atoms with Gasteiger partial charge in [-0.05, 0) is 19.4 Å². The minimum Gasteiger partial charge on any atom is -0.319 e. The molecule has 0 aliphatic carbocycles. The molecule has 14 heavy (non-hydrogen) atoms.